The van der Waals surface area contributed by atoms with Crippen molar-refractivity contribution in [3.05, 3.63) is 51.0 Å². The van der Waals surface area contributed by atoms with E-state index in [9.17, 15) is 10.1 Å². The molecule has 2 rings (SSSR count). The maximum Gasteiger partial charge on any atom is 0.270 e. The number of imidazole rings is 1. The van der Waals surface area contributed by atoms with Crippen LogP contribution in [0.25, 0.3) is 0 Å². The van der Waals surface area contributed by atoms with E-state index in [1.54, 1.807) is 18.6 Å². The number of H-pyrrole nitrogens is 1. The van der Waals surface area contributed by atoms with Crippen molar-refractivity contribution < 1.29 is 4.92 Å². The molecule has 0 aliphatic heterocycles. The summed E-state index contributed by atoms with van der Waals surface area (Å²) in [6, 6.07) is 4.65. The van der Waals surface area contributed by atoms with Crippen LogP contribution in [0.15, 0.2) is 35.2 Å². The SMILES string of the molecule is O=[N+]([O-])c1ccc(NCCc2cnc[nH]2)c(Br)c1. The number of anilines is 1. The van der Waals surface area contributed by atoms with Crippen molar-refractivity contribution in [3.8, 4) is 0 Å². The molecule has 6 nitrogen and oxygen atoms in total. The molecule has 0 aliphatic rings. The van der Waals surface area contributed by atoms with Gasteiger partial charge in [0.15, 0.2) is 0 Å². The van der Waals surface area contributed by atoms with E-state index in [4.69, 9.17) is 0 Å². The van der Waals surface area contributed by atoms with Gasteiger partial charge in [-0.1, -0.05) is 0 Å². The minimum absolute atomic E-state index is 0.0704. The zero-order chi connectivity index (χ0) is 13.0. The first kappa shape index (κ1) is 12.6. The van der Waals surface area contributed by atoms with Gasteiger partial charge in [-0.2, -0.15) is 0 Å². The monoisotopic (exact) mass is 310 g/mol. The van der Waals surface area contributed by atoms with Crippen LogP contribution in [0.4, 0.5) is 11.4 Å². The van der Waals surface area contributed by atoms with Crippen molar-refractivity contribution >= 4 is 27.3 Å². The Hall–Kier alpha value is -1.89. The molecule has 7 heteroatoms. The number of non-ortho nitro benzene ring substituents is 1. The van der Waals surface area contributed by atoms with Crippen molar-refractivity contribution in [1.29, 1.82) is 0 Å². The van der Waals surface area contributed by atoms with E-state index in [-0.39, 0.29) is 5.69 Å². The average Bonchev–Trinajstić information content (AvgIpc) is 2.84. The lowest BCUT2D eigenvalue weighted by Gasteiger charge is -2.07. The molecular formula is C11H11BrN4O2. The molecule has 18 heavy (non-hydrogen) atoms. The van der Waals surface area contributed by atoms with Gasteiger partial charge >= 0.3 is 0 Å². The van der Waals surface area contributed by atoms with Crippen LogP contribution in [0.5, 0.6) is 0 Å². The van der Waals surface area contributed by atoms with Gasteiger partial charge in [-0.25, -0.2) is 4.98 Å². The predicted octanol–water partition coefficient (Wildman–Crippen LogP) is 2.74. The molecule has 0 spiro atoms. The number of aromatic nitrogens is 2. The van der Waals surface area contributed by atoms with Crippen LogP contribution in [0.3, 0.4) is 0 Å². The lowest BCUT2D eigenvalue weighted by atomic mass is 10.2. The number of nitrogens with zero attached hydrogens (tertiary/aromatic N) is 2. The number of benzene rings is 1. The highest BCUT2D eigenvalue weighted by molar-refractivity contribution is 9.10. The van der Waals surface area contributed by atoms with Crippen LogP contribution in [0, 0.1) is 10.1 Å². The molecule has 1 aromatic carbocycles. The summed E-state index contributed by atoms with van der Waals surface area (Å²) < 4.78 is 0.682. The topological polar surface area (TPSA) is 83.8 Å². The molecule has 0 bridgehead atoms. The Morgan fingerprint density at radius 2 is 2.33 bits per heavy atom. The highest BCUT2D eigenvalue weighted by Crippen LogP contribution is 2.26. The molecule has 0 saturated carbocycles. The molecular weight excluding hydrogens is 300 g/mol. The fourth-order valence-corrected chi connectivity index (χ4v) is 2.02. The largest absolute Gasteiger partial charge is 0.384 e. The van der Waals surface area contributed by atoms with E-state index < -0.39 is 4.92 Å². The molecule has 0 saturated heterocycles. The summed E-state index contributed by atoms with van der Waals surface area (Å²) in [6.45, 7) is 0.721. The Kier molecular flexibility index (Phi) is 3.93. The maximum absolute atomic E-state index is 10.6. The Labute approximate surface area is 112 Å². The summed E-state index contributed by atoms with van der Waals surface area (Å²) in [5.74, 6) is 0. The average molecular weight is 311 g/mol. The van der Waals surface area contributed by atoms with E-state index in [0.29, 0.717) is 4.47 Å². The third kappa shape index (κ3) is 3.07. The second kappa shape index (κ2) is 5.63. The van der Waals surface area contributed by atoms with Crippen LogP contribution in [0.2, 0.25) is 0 Å². The fourth-order valence-electron chi connectivity index (χ4n) is 1.51. The summed E-state index contributed by atoms with van der Waals surface area (Å²) in [5.41, 5.74) is 1.95. The van der Waals surface area contributed by atoms with E-state index in [2.05, 4.69) is 31.2 Å². The Morgan fingerprint density at radius 1 is 1.50 bits per heavy atom. The van der Waals surface area contributed by atoms with E-state index >= 15 is 0 Å². The number of hydrogen-bond acceptors (Lipinski definition) is 4. The van der Waals surface area contributed by atoms with Crippen molar-refractivity contribution in [3.63, 3.8) is 0 Å². The molecule has 0 amide bonds. The van der Waals surface area contributed by atoms with Crippen LogP contribution >= 0.6 is 15.9 Å². The van der Waals surface area contributed by atoms with Crippen LogP contribution in [-0.2, 0) is 6.42 Å². The Morgan fingerprint density at radius 3 is 2.94 bits per heavy atom. The van der Waals surface area contributed by atoms with Crippen molar-refractivity contribution in [2.45, 2.75) is 6.42 Å². The van der Waals surface area contributed by atoms with Gasteiger partial charge in [-0.3, -0.25) is 10.1 Å². The first-order chi connectivity index (χ1) is 8.66. The lowest BCUT2D eigenvalue weighted by molar-refractivity contribution is -0.384. The number of aromatic amines is 1. The highest BCUT2D eigenvalue weighted by atomic mass is 79.9. The molecule has 0 fully saturated rings. The first-order valence-corrected chi connectivity index (χ1v) is 6.11. The number of nitrogens with one attached hydrogen (secondary N) is 2. The van der Waals surface area contributed by atoms with E-state index in [1.165, 1.54) is 12.1 Å². The Balaban J connectivity index is 1.95. The fraction of sp³-hybridized carbons (Fsp3) is 0.182. The number of halogens is 1. The molecule has 2 N–H and O–H groups in total. The van der Waals surface area contributed by atoms with Gasteiger partial charge in [-0.15, -0.1) is 0 Å². The zero-order valence-corrected chi connectivity index (χ0v) is 11.0. The van der Waals surface area contributed by atoms with Gasteiger partial charge in [0.1, 0.15) is 0 Å². The third-order valence-corrected chi connectivity index (χ3v) is 3.08. The third-order valence-electron chi connectivity index (χ3n) is 2.43. The standard InChI is InChI=1S/C11H11BrN4O2/c12-10-5-9(16(17)18)1-2-11(10)14-4-3-8-6-13-7-15-8/h1-2,5-7,14H,3-4H2,(H,13,15). The van der Waals surface area contributed by atoms with Gasteiger partial charge in [-0.05, 0) is 22.0 Å². The Bertz CT molecular complexity index is 542. The van der Waals surface area contributed by atoms with Crippen molar-refractivity contribution in [2.75, 3.05) is 11.9 Å². The van der Waals surface area contributed by atoms with Gasteiger partial charge in [0, 0.05) is 47.1 Å². The smallest absolute Gasteiger partial charge is 0.270 e. The van der Waals surface area contributed by atoms with Crippen LogP contribution < -0.4 is 5.32 Å². The second-order valence-electron chi connectivity index (χ2n) is 3.67. The normalized spacial score (nSPS) is 10.3. The first-order valence-electron chi connectivity index (χ1n) is 5.32. The maximum atomic E-state index is 10.6. The molecule has 0 aliphatic carbocycles. The van der Waals surface area contributed by atoms with Crippen LogP contribution in [0.1, 0.15) is 5.69 Å². The summed E-state index contributed by atoms with van der Waals surface area (Å²) in [6.07, 6.45) is 4.22. The van der Waals surface area contributed by atoms with Crippen LogP contribution in [-0.4, -0.2) is 21.4 Å². The molecule has 0 atom stereocenters. The highest BCUT2D eigenvalue weighted by Gasteiger charge is 2.08. The minimum Gasteiger partial charge on any atom is -0.384 e. The molecule has 1 heterocycles. The van der Waals surface area contributed by atoms with Crippen molar-refractivity contribution in [1.82, 2.24) is 9.97 Å². The number of hydrogen-bond donors (Lipinski definition) is 2. The van der Waals surface area contributed by atoms with Gasteiger partial charge in [0.25, 0.3) is 5.69 Å². The quantitative estimate of drug-likeness (QED) is 0.657. The second-order valence-corrected chi connectivity index (χ2v) is 4.53. The number of rotatable bonds is 5. The number of nitro groups is 1. The molecule has 1 aromatic heterocycles. The minimum atomic E-state index is -0.418. The van der Waals surface area contributed by atoms with E-state index in [0.717, 1.165) is 24.3 Å². The summed E-state index contributed by atoms with van der Waals surface area (Å²) in [5, 5.41) is 13.8. The zero-order valence-electron chi connectivity index (χ0n) is 9.39. The molecule has 94 valence electrons. The van der Waals surface area contributed by atoms with Crippen molar-refractivity contribution in [2.24, 2.45) is 0 Å². The summed E-state index contributed by atoms with van der Waals surface area (Å²) in [7, 11) is 0. The number of nitro benzene ring substituents is 1. The van der Waals surface area contributed by atoms with Gasteiger partial charge in [0.2, 0.25) is 0 Å². The molecule has 2 aromatic rings. The van der Waals surface area contributed by atoms with Gasteiger partial charge < -0.3 is 10.3 Å². The molecule has 0 radical (unpaired) electrons. The van der Waals surface area contributed by atoms with Gasteiger partial charge in [0.05, 0.1) is 11.3 Å². The predicted molar refractivity (Wildman–Crippen MR) is 71.6 cm³/mol. The summed E-state index contributed by atoms with van der Waals surface area (Å²) >= 11 is 3.31. The molecule has 0 unspecified atom stereocenters. The van der Waals surface area contributed by atoms with E-state index in [1.807, 2.05) is 0 Å². The summed E-state index contributed by atoms with van der Waals surface area (Å²) in [4.78, 5) is 17.1. The lowest BCUT2D eigenvalue weighted by Crippen LogP contribution is -2.05.